The van der Waals surface area contributed by atoms with Crippen molar-refractivity contribution in [1.29, 1.82) is 0 Å². The molecule has 0 spiro atoms. The Morgan fingerprint density at radius 1 is 1.54 bits per heavy atom. The lowest BCUT2D eigenvalue weighted by Gasteiger charge is -2.32. The van der Waals surface area contributed by atoms with Crippen molar-refractivity contribution in [3.05, 3.63) is 11.5 Å². The van der Waals surface area contributed by atoms with Crippen molar-refractivity contribution in [2.75, 3.05) is 6.54 Å². The Hall–Kier alpha value is -1.03. The molecule has 0 bridgehead atoms. The molecule has 3 N–H and O–H groups in total. The van der Waals surface area contributed by atoms with Crippen LogP contribution >= 0.6 is 0 Å². The van der Waals surface area contributed by atoms with Crippen molar-refractivity contribution in [3.8, 4) is 0 Å². The zero-order valence-electron chi connectivity index (χ0n) is 8.41. The largest absolute Gasteiger partial charge is 0.504 e. The van der Waals surface area contributed by atoms with Gasteiger partial charge in [-0.1, -0.05) is 6.92 Å². The van der Waals surface area contributed by atoms with Crippen LogP contribution < -0.4 is 5.73 Å². The van der Waals surface area contributed by atoms with E-state index in [1.165, 1.54) is 0 Å². The van der Waals surface area contributed by atoms with Gasteiger partial charge >= 0.3 is 0 Å². The zero-order valence-corrected chi connectivity index (χ0v) is 8.41. The molecule has 1 aliphatic rings. The van der Waals surface area contributed by atoms with E-state index in [-0.39, 0.29) is 12.0 Å². The second-order valence-corrected chi connectivity index (χ2v) is 3.26. The van der Waals surface area contributed by atoms with Crippen molar-refractivity contribution in [2.45, 2.75) is 33.5 Å². The minimum absolute atomic E-state index is 0.259. The maximum absolute atomic E-state index is 9.61. The lowest BCUT2D eigenvalue weighted by Crippen LogP contribution is -2.43. The first-order chi connectivity index (χ1) is 6.07. The average molecular weight is 183 g/mol. The van der Waals surface area contributed by atoms with E-state index in [0.29, 0.717) is 5.71 Å². The van der Waals surface area contributed by atoms with Gasteiger partial charge < -0.3 is 10.0 Å². The molecule has 4 heteroatoms. The third-order valence-electron chi connectivity index (χ3n) is 2.23. The van der Waals surface area contributed by atoms with Gasteiger partial charge in [-0.3, -0.25) is 5.73 Å². The van der Waals surface area contributed by atoms with Crippen molar-refractivity contribution in [2.24, 2.45) is 10.7 Å². The van der Waals surface area contributed by atoms with Crippen LogP contribution in [-0.4, -0.2) is 28.6 Å². The highest BCUT2D eigenvalue weighted by atomic mass is 16.3. The van der Waals surface area contributed by atoms with Crippen molar-refractivity contribution >= 4 is 5.71 Å². The Balaban J connectivity index is 2.90. The first-order valence-electron chi connectivity index (χ1n) is 4.54. The molecule has 1 rings (SSSR count). The second-order valence-electron chi connectivity index (χ2n) is 3.26. The SMILES string of the molecule is CCCN1C(C)=C(O)C(C)=NC1N. The summed E-state index contributed by atoms with van der Waals surface area (Å²) in [6.45, 7) is 6.53. The molecule has 0 saturated heterocycles. The first kappa shape index (κ1) is 10.1. The number of hydrogen-bond donors (Lipinski definition) is 2. The highest BCUT2D eigenvalue weighted by Gasteiger charge is 2.22. The molecule has 1 heterocycles. The average Bonchev–Trinajstić information content (AvgIpc) is 2.09. The number of allylic oxidation sites excluding steroid dienone is 2. The molecule has 0 saturated carbocycles. The number of nitrogens with two attached hydrogens (primary N) is 1. The van der Waals surface area contributed by atoms with Crippen molar-refractivity contribution < 1.29 is 5.11 Å². The fraction of sp³-hybridized carbons (Fsp3) is 0.667. The highest BCUT2D eigenvalue weighted by molar-refractivity contribution is 5.97. The lowest BCUT2D eigenvalue weighted by atomic mass is 10.2. The molecule has 74 valence electrons. The van der Waals surface area contributed by atoms with E-state index in [0.717, 1.165) is 18.7 Å². The minimum Gasteiger partial charge on any atom is -0.504 e. The van der Waals surface area contributed by atoms with E-state index in [1.54, 1.807) is 6.92 Å². The normalized spacial score (nSPS) is 23.5. The van der Waals surface area contributed by atoms with Crippen LogP contribution in [0.15, 0.2) is 16.4 Å². The molecule has 13 heavy (non-hydrogen) atoms. The van der Waals surface area contributed by atoms with Crippen molar-refractivity contribution in [1.82, 2.24) is 4.90 Å². The fourth-order valence-electron chi connectivity index (χ4n) is 1.47. The molecule has 1 atom stereocenters. The Bertz CT molecular complexity index is 258. The summed E-state index contributed by atoms with van der Waals surface area (Å²) in [4.78, 5) is 6.03. The predicted molar refractivity (Wildman–Crippen MR) is 53.4 cm³/mol. The summed E-state index contributed by atoms with van der Waals surface area (Å²) in [7, 11) is 0. The molecular weight excluding hydrogens is 166 g/mol. The molecule has 0 aromatic carbocycles. The maximum Gasteiger partial charge on any atom is 0.173 e. The molecule has 1 unspecified atom stereocenters. The third kappa shape index (κ3) is 1.83. The lowest BCUT2D eigenvalue weighted by molar-refractivity contribution is 0.239. The van der Waals surface area contributed by atoms with Gasteiger partial charge in [0, 0.05) is 6.54 Å². The number of aliphatic imine (C=N–C) groups is 1. The zero-order chi connectivity index (χ0) is 10.0. The maximum atomic E-state index is 9.61. The quantitative estimate of drug-likeness (QED) is 0.676. The van der Waals surface area contributed by atoms with Gasteiger partial charge in [-0.05, 0) is 20.3 Å². The van der Waals surface area contributed by atoms with E-state index in [4.69, 9.17) is 5.73 Å². The molecule has 0 amide bonds. The van der Waals surface area contributed by atoms with E-state index in [1.807, 2.05) is 11.8 Å². The standard InChI is InChI=1S/C9H17N3O/c1-4-5-12-7(3)8(13)6(2)11-9(12)10/h9,13H,4-5,10H2,1-3H3. The van der Waals surface area contributed by atoms with E-state index in [9.17, 15) is 5.11 Å². The van der Waals surface area contributed by atoms with Crippen LogP contribution in [0, 0.1) is 0 Å². The summed E-state index contributed by atoms with van der Waals surface area (Å²) in [5.74, 6) is 0.259. The van der Waals surface area contributed by atoms with Crippen LogP contribution in [0.5, 0.6) is 0 Å². The molecule has 0 fully saturated rings. The minimum atomic E-state index is -0.337. The summed E-state index contributed by atoms with van der Waals surface area (Å²) >= 11 is 0. The van der Waals surface area contributed by atoms with Gasteiger partial charge in [-0.2, -0.15) is 0 Å². The van der Waals surface area contributed by atoms with Gasteiger partial charge in [0.1, 0.15) is 0 Å². The number of rotatable bonds is 2. The number of aliphatic hydroxyl groups is 1. The molecule has 4 nitrogen and oxygen atoms in total. The third-order valence-corrected chi connectivity index (χ3v) is 2.23. The fourth-order valence-corrected chi connectivity index (χ4v) is 1.47. The van der Waals surface area contributed by atoms with Gasteiger partial charge in [0.15, 0.2) is 12.0 Å². The van der Waals surface area contributed by atoms with Gasteiger partial charge in [-0.15, -0.1) is 0 Å². The summed E-state index contributed by atoms with van der Waals surface area (Å²) in [6, 6.07) is 0. The summed E-state index contributed by atoms with van der Waals surface area (Å²) in [5.41, 5.74) is 7.24. The van der Waals surface area contributed by atoms with Crippen LogP contribution in [0.2, 0.25) is 0 Å². The van der Waals surface area contributed by atoms with Crippen LogP contribution in [0.4, 0.5) is 0 Å². The van der Waals surface area contributed by atoms with Crippen LogP contribution in [0.25, 0.3) is 0 Å². The first-order valence-corrected chi connectivity index (χ1v) is 4.54. The number of hydrogen-bond acceptors (Lipinski definition) is 4. The molecule has 0 aromatic heterocycles. The van der Waals surface area contributed by atoms with E-state index in [2.05, 4.69) is 11.9 Å². The van der Waals surface area contributed by atoms with E-state index >= 15 is 0 Å². The van der Waals surface area contributed by atoms with Crippen LogP contribution in [0.1, 0.15) is 27.2 Å². The molecule has 0 aromatic rings. The molecular formula is C9H17N3O. The Kier molecular flexibility index (Phi) is 2.93. The van der Waals surface area contributed by atoms with Crippen molar-refractivity contribution in [3.63, 3.8) is 0 Å². The summed E-state index contributed by atoms with van der Waals surface area (Å²) in [5, 5.41) is 9.61. The van der Waals surface area contributed by atoms with Gasteiger partial charge in [-0.25, -0.2) is 4.99 Å². The van der Waals surface area contributed by atoms with E-state index < -0.39 is 0 Å². The Morgan fingerprint density at radius 2 is 2.15 bits per heavy atom. The molecule has 1 aliphatic heterocycles. The topological polar surface area (TPSA) is 61.8 Å². The second kappa shape index (κ2) is 3.79. The van der Waals surface area contributed by atoms with Crippen LogP contribution in [0.3, 0.4) is 0 Å². The summed E-state index contributed by atoms with van der Waals surface area (Å²) in [6.07, 6.45) is 0.656. The highest BCUT2D eigenvalue weighted by Crippen LogP contribution is 2.17. The monoisotopic (exact) mass is 183 g/mol. The predicted octanol–water partition coefficient (Wildman–Crippen LogP) is 1.20. The molecule has 0 aliphatic carbocycles. The molecule has 0 radical (unpaired) electrons. The van der Waals surface area contributed by atoms with Gasteiger partial charge in [0.05, 0.1) is 11.4 Å². The summed E-state index contributed by atoms with van der Waals surface area (Å²) < 4.78 is 0. The Labute approximate surface area is 78.8 Å². The van der Waals surface area contributed by atoms with Crippen LogP contribution in [-0.2, 0) is 0 Å². The van der Waals surface area contributed by atoms with Gasteiger partial charge in [0.25, 0.3) is 0 Å². The number of aliphatic hydroxyl groups excluding tert-OH is 1. The Morgan fingerprint density at radius 3 is 2.69 bits per heavy atom. The smallest absolute Gasteiger partial charge is 0.173 e. The number of nitrogens with zero attached hydrogens (tertiary/aromatic N) is 2. The van der Waals surface area contributed by atoms with Gasteiger partial charge in [0.2, 0.25) is 0 Å².